The molecule has 9 aromatic carbocycles. The Morgan fingerprint density at radius 2 is 0.846 bits per heavy atom. The predicted octanol–water partition coefficient (Wildman–Crippen LogP) is 14.4. The highest BCUT2D eigenvalue weighted by Crippen LogP contribution is 2.50. The van der Waals surface area contributed by atoms with Crippen LogP contribution in [0.1, 0.15) is 25.0 Å². The molecule has 1 aliphatic rings. The molecule has 0 fully saturated rings. The van der Waals surface area contributed by atoms with E-state index < -0.39 is 0 Å². The molecule has 52 heavy (non-hydrogen) atoms. The van der Waals surface area contributed by atoms with Crippen LogP contribution in [0.15, 0.2) is 174 Å². The molecule has 1 aliphatic carbocycles. The third-order valence-corrected chi connectivity index (χ3v) is 11.7. The van der Waals surface area contributed by atoms with Crippen LogP contribution in [0.4, 0.5) is 0 Å². The minimum atomic E-state index is -0.00694. The maximum Gasteiger partial charge on any atom is 0.135 e. The highest BCUT2D eigenvalue weighted by atomic mass is 16.3. The standard InChI is InChI=1S/C51H34O/c1-51(2)45-21-10-9-15-36(45)42-28-32(22-25-46(42)51)33-23-26-47-43(29-33)44-30-34(24-27-48(44)52-47)49-38-16-5-7-18-40(38)50(41-19-8-6-17-39(41)49)37-20-11-13-31-12-3-4-14-35(31)37/h3-30H,1-2H3. The van der Waals surface area contributed by atoms with E-state index in [0.717, 1.165) is 21.9 Å². The summed E-state index contributed by atoms with van der Waals surface area (Å²) in [7, 11) is 0. The minimum Gasteiger partial charge on any atom is -0.456 e. The molecule has 1 heterocycles. The van der Waals surface area contributed by atoms with E-state index >= 15 is 0 Å². The molecule has 244 valence electrons. The SMILES string of the molecule is CC1(C)c2ccccc2-c2cc(-c3ccc4oc5ccc(-c6c7ccccc7c(-c7cccc8ccccc78)c7ccccc67)cc5c4c3)ccc21. The topological polar surface area (TPSA) is 13.1 Å². The van der Waals surface area contributed by atoms with Crippen LogP contribution in [-0.4, -0.2) is 0 Å². The van der Waals surface area contributed by atoms with Crippen molar-refractivity contribution < 1.29 is 4.42 Å². The summed E-state index contributed by atoms with van der Waals surface area (Å²) in [5.41, 5.74) is 14.7. The van der Waals surface area contributed by atoms with Gasteiger partial charge in [0.2, 0.25) is 0 Å². The molecule has 1 nitrogen and oxygen atoms in total. The van der Waals surface area contributed by atoms with E-state index in [-0.39, 0.29) is 5.41 Å². The highest BCUT2D eigenvalue weighted by molar-refractivity contribution is 6.24. The van der Waals surface area contributed by atoms with Crippen LogP contribution >= 0.6 is 0 Å². The first-order chi connectivity index (χ1) is 25.5. The summed E-state index contributed by atoms with van der Waals surface area (Å²) >= 11 is 0. The van der Waals surface area contributed by atoms with Crippen molar-refractivity contribution in [3.63, 3.8) is 0 Å². The molecule has 0 amide bonds. The molecule has 0 bridgehead atoms. The van der Waals surface area contributed by atoms with Crippen molar-refractivity contribution in [2.75, 3.05) is 0 Å². The Bertz CT molecular complexity index is 3040. The number of furan rings is 1. The van der Waals surface area contributed by atoms with Gasteiger partial charge in [-0.2, -0.15) is 0 Å². The fourth-order valence-electron chi connectivity index (χ4n) is 9.19. The zero-order valence-electron chi connectivity index (χ0n) is 29.1. The monoisotopic (exact) mass is 662 g/mol. The molecule has 0 aliphatic heterocycles. The van der Waals surface area contributed by atoms with E-state index in [1.807, 2.05) is 0 Å². The van der Waals surface area contributed by atoms with Crippen molar-refractivity contribution in [3.8, 4) is 44.5 Å². The smallest absolute Gasteiger partial charge is 0.135 e. The van der Waals surface area contributed by atoms with Gasteiger partial charge in [0.15, 0.2) is 0 Å². The van der Waals surface area contributed by atoms with Gasteiger partial charge in [0.1, 0.15) is 11.2 Å². The van der Waals surface area contributed by atoms with Gasteiger partial charge >= 0.3 is 0 Å². The second kappa shape index (κ2) is 10.8. The van der Waals surface area contributed by atoms with Crippen molar-refractivity contribution in [1.29, 1.82) is 0 Å². The van der Waals surface area contributed by atoms with Crippen molar-refractivity contribution in [3.05, 3.63) is 181 Å². The normalized spacial score (nSPS) is 13.3. The number of benzene rings is 9. The lowest BCUT2D eigenvalue weighted by atomic mass is 9.82. The van der Waals surface area contributed by atoms with Gasteiger partial charge in [-0.1, -0.05) is 153 Å². The molecule has 10 aromatic rings. The molecular formula is C51H34O. The summed E-state index contributed by atoms with van der Waals surface area (Å²) in [5, 5.41) is 9.80. The Labute approximate surface area is 302 Å². The minimum absolute atomic E-state index is 0.00694. The van der Waals surface area contributed by atoms with Gasteiger partial charge in [-0.25, -0.2) is 0 Å². The maximum absolute atomic E-state index is 6.47. The first-order valence-electron chi connectivity index (χ1n) is 18.2. The average Bonchev–Trinajstić information content (AvgIpc) is 3.67. The largest absolute Gasteiger partial charge is 0.456 e. The Balaban J connectivity index is 1.12. The van der Waals surface area contributed by atoms with Gasteiger partial charge in [-0.15, -0.1) is 0 Å². The van der Waals surface area contributed by atoms with E-state index in [1.165, 1.54) is 88.0 Å². The van der Waals surface area contributed by atoms with Crippen LogP contribution < -0.4 is 0 Å². The van der Waals surface area contributed by atoms with Gasteiger partial charge in [0.05, 0.1) is 0 Å². The number of fused-ring (bicyclic) bond motifs is 9. The van der Waals surface area contributed by atoms with E-state index in [0.29, 0.717) is 0 Å². The second-order valence-electron chi connectivity index (χ2n) is 14.8. The molecule has 11 rings (SSSR count). The van der Waals surface area contributed by atoms with Crippen molar-refractivity contribution in [2.24, 2.45) is 0 Å². The van der Waals surface area contributed by atoms with Gasteiger partial charge < -0.3 is 4.42 Å². The molecule has 0 spiro atoms. The molecule has 0 unspecified atom stereocenters. The highest BCUT2D eigenvalue weighted by Gasteiger charge is 2.35. The summed E-state index contributed by atoms with van der Waals surface area (Å²) in [6.07, 6.45) is 0. The molecule has 1 heteroatoms. The van der Waals surface area contributed by atoms with Crippen molar-refractivity contribution in [2.45, 2.75) is 19.3 Å². The third-order valence-electron chi connectivity index (χ3n) is 11.7. The van der Waals surface area contributed by atoms with Crippen LogP contribution in [0.5, 0.6) is 0 Å². The Kier molecular flexibility index (Phi) is 6.08. The van der Waals surface area contributed by atoms with E-state index in [4.69, 9.17) is 4.42 Å². The Morgan fingerprint density at radius 3 is 1.58 bits per heavy atom. The lowest BCUT2D eigenvalue weighted by molar-refractivity contribution is 0.660. The molecule has 0 N–H and O–H groups in total. The van der Waals surface area contributed by atoms with Crippen LogP contribution in [0.25, 0.3) is 98.8 Å². The first kappa shape index (κ1) is 29.3. The summed E-state index contributed by atoms with van der Waals surface area (Å²) in [4.78, 5) is 0. The van der Waals surface area contributed by atoms with Gasteiger partial charge in [-0.3, -0.25) is 0 Å². The first-order valence-corrected chi connectivity index (χ1v) is 18.2. The van der Waals surface area contributed by atoms with Crippen LogP contribution in [0.2, 0.25) is 0 Å². The van der Waals surface area contributed by atoms with E-state index in [2.05, 4.69) is 184 Å². The van der Waals surface area contributed by atoms with Crippen LogP contribution in [0.3, 0.4) is 0 Å². The quantitative estimate of drug-likeness (QED) is 0.172. The molecule has 0 radical (unpaired) electrons. The van der Waals surface area contributed by atoms with E-state index in [1.54, 1.807) is 0 Å². The molecule has 1 aromatic heterocycles. The van der Waals surface area contributed by atoms with Crippen molar-refractivity contribution in [1.82, 2.24) is 0 Å². The molecule has 0 atom stereocenters. The molecule has 0 saturated heterocycles. The van der Waals surface area contributed by atoms with E-state index in [9.17, 15) is 0 Å². The van der Waals surface area contributed by atoms with Crippen LogP contribution in [-0.2, 0) is 5.41 Å². The second-order valence-corrected chi connectivity index (χ2v) is 14.8. The Morgan fingerprint density at radius 1 is 0.346 bits per heavy atom. The maximum atomic E-state index is 6.47. The lowest BCUT2D eigenvalue weighted by Gasteiger charge is -2.21. The summed E-state index contributed by atoms with van der Waals surface area (Å²) in [5.74, 6) is 0. The van der Waals surface area contributed by atoms with Gasteiger partial charge in [-0.05, 0) is 118 Å². The lowest BCUT2D eigenvalue weighted by Crippen LogP contribution is -2.14. The number of hydrogen-bond donors (Lipinski definition) is 0. The molecule has 0 saturated carbocycles. The number of hydrogen-bond acceptors (Lipinski definition) is 1. The van der Waals surface area contributed by atoms with Gasteiger partial charge in [0, 0.05) is 16.2 Å². The summed E-state index contributed by atoms with van der Waals surface area (Å²) < 4.78 is 6.47. The van der Waals surface area contributed by atoms with Crippen molar-refractivity contribution >= 4 is 54.3 Å². The zero-order chi connectivity index (χ0) is 34.6. The fourth-order valence-corrected chi connectivity index (χ4v) is 9.19. The fraction of sp³-hybridized carbons (Fsp3) is 0.0588. The number of rotatable bonds is 3. The average molecular weight is 663 g/mol. The van der Waals surface area contributed by atoms with Crippen LogP contribution in [0, 0.1) is 0 Å². The zero-order valence-corrected chi connectivity index (χ0v) is 29.1. The third kappa shape index (κ3) is 4.11. The predicted molar refractivity (Wildman–Crippen MR) is 220 cm³/mol. The Hall–Kier alpha value is -6.44. The summed E-state index contributed by atoms with van der Waals surface area (Å²) in [6, 6.07) is 62.5. The summed E-state index contributed by atoms with van der Waals surface area (Å²) in [6.45, 7) is 4.67. The molecular weight excluding hydrogens is 629 g/mol. The van der Waals surface area contributed by atoms with Gasteiger partial charge in [0.25, 0.3) is 0 Å².